The van der Waals surface area contributed by atoms with Gasteiger partial charge in [-0.2, -0.15) is 0 Å². The van der Waals surface area contributed by atoms with E-state index < -0.39 is 15.9 Å². The minimum Gasteiger partial charge on any atom is -0.495 e. The number of amides is 2. The van der Waals surface area contributed by atoms with Gasteiger partial charge in [0.05, 0.1) is 17.7 Å². The van der Waals surface area contributed by atoms with Crippen LogP contribution in [-0.2, 0) is 20.2 Å². The van der Waals surface area contributed by atoms with Crippen molar-refractivity contribution in [1.29, 1.82) is 0 Å². The lowest BCUT2D eigenvalue weighted by Gasteiger charge is -2.19. The molecule has 0 radical (unpaired) electrons. The molecular weight excluding hydrogens is 394 g/mol. The van der Waals surface area contributed by atoms with E-state index >= 15 is 0 Å². The molecule has 0 saturated carbocycles. The quantitative estimate of drug-likeness (QED) is 0.623. The molecule has 0 atom stereocenters. The highest BCUT2D eigenvalue weighted by Gasteiger charge is 2.19. The molecule has 2 aromatic rings. The summed E-state index contributed by atoms with van der Waals surface area (Å²) >= 11 is 0. The van der Waals surface area contributed by atoms with E-state index in [1.54, 1.807) is 12.1 Å². The summed E-state index contributed by atoms with van der Waals surface area (Å²) in [6, 6.07) is 10.9. The predicted molar refractivity (Wildman–Crippen MR) is 110 cm³/mol. The topological polar surface area (TPSA) is 114 Å². The normalized spacial score (nSPS) is 11.6. The van der Waals surface area contributed by atoms with Crippen LogP contribution in [0, 0.1) is 0 Å². The lowest BCUT2D eigenvalue weighted by atomic mass is 9.87. The number of nitrogens with one attached hydrogen (secondary N) is 3. The van der Waals surface area contributed by atoms with E-state index in [0.29, 0.717) is 11.3 Å². The second kappa shape index (κ2) is 8.62. The van der Waals surface area contributed by atoms with Crippen molar-refractivity contribution >= 4 is 27.5 Å². The molecule has 2 rings (SSSR count). The Labute approximate surface area is 170 Å². The number of rotatable bonds is 6. The van der Waals surface area contributed by atoms with Gasteiger partial charge in [-0.1, -0.05) is 32.9 Å². The average Bonchev–Trinajstić information content (AvgIpc) is 2.65. The molecule has 0 aliphatic rings. The lowest BCUT2D eigenvalue weighted by molar-refractivity contribution is -0.114. The van der Waals surface area contributed by atoms with Gasteiger partial charge in [-0.25, -0.2) is 8.42 Å². The summed E-state index contributed by atoms with van der Waals surface area (Å²) in [5.41, 5.74) is 3.70. The Morgan fingerprint density at radius 2 is 1.62 bits per heavy atom. The van der Waals surface area contributed by atoms with E-state index in [2.05, 4.69) is 36.3 Å². The maximum absolute atomic E-state index is 12.5. The first kappa shape index (κ1) is 22.4. The molecule has 0 bridgehead atoms. The Kier molecular flexibility index (Phi) is 6.66. The van der Waals surface area contributed by atoms with Crippen LogP contribution in [0.25, 0.3) is 0 Å². The molecule has 0 fully saturated rings. The largest absolute Gasteiger partial charge is 0.495 e. The number of benzene rings is 2. The number of ether oxygens (including phenoxy) is 1. The minimum absolute atomic E-state index is 0.0590. The number of carbonyl (C=O) groups is 2. The molecule has 0 unspecified atom stereocenters. The van der Waals surface area contributed by atoms with Crippen molar-refractivity contribution in [2.24, 2.45) is 0 Å². The zero-order valence-electron chi connectivity index (χ0n) is 17.0. The molecular formula is C20H25N3O5S. The number of carbonyl (C=O) groups excluding carboxylic acids is 2. The van der Waals surface area contributed by atoms with Gasteiger partial charge in [0.2, 0.25) is 5.91 Å². The summed E-state index contributed by atoms with van der Waals surface area (Å²) in [4.78, 5) is 25.5. The Balaban J connectivity index is 2.15. The van der Waals surface area contributed by atoms with Crippen LogP contribution >= 0.6 is 0 Å². The summed E-state index contributed by atoms with van der Waals surface area (Å²) in [6.07, 6.45) is 0. The van der Waals surface area contributed by atoms with Crippen molar-refractivity contribution in [3.05, 3.63) is 53.6 Å². The Bertz CT molecular complexity index is 1010. The van der Waals surface area contributed by atoms with Gasteiger partial charge in [0.1, 0.15) is 5.75 Å². The van der Waals surface area contributed by atoms with Crippen LogP contribution in [0.4, 0.5) is 5.69 Å². The van der Waals surface area contributed by atoms with Gasteiger partial charge in [-0.05, 0) is 41.3 Å². The van der Waals surface area contributed by atoms with Gasteiger partial charge in [0.25, 0.3) is 15.9 Å². The summed E-state index contributed by atoms with van der Waals surface area (Å²) in [7, 11) is -2.67. The van der Waals surface area contributed by atoms with Crippen molar-refractivity contribution in [1.82, 2.24) is 10.3 Å². The number of sulfonamides is 1. The van der Waals surface area contributed by atoms with Gasteiger partial charge in [-0.15, -0.1) is 4.83 Å². The van der Waals surface area contributed by atoms with E-state index in [1.807, 2.05) is 12.1 Å². The number of hydrogen-bond donors (Lipinski definition) is 3. The second-order valence-corrected chi connectivity index (χ2v) is 9.11. The van der Waals surface area contributed by atoms with Crippen LogP contribution < -0.4 is 20.3 Å². The van der Waals surface area contributed by atoms with Gasteiger partial charge in [-0.3, -0.25) is 15.0 Å². The molecule has 0 aromatic heterocycles. The van der Waals surface area contributed by atoms with Crippen LogP contribution in [0.1, 0.15) is 43.6 Å². The maximum atomic E-state index is 12.5. The highest BCUT2D eigenvalue weighted by molar-refractivity contribution is 7.89. The van der Waals surface area contributed by atoms with Crippen LogP contribution in [0.15, 0.2) is 47.4 Å². The van der Waals surface area contributed by atoms with E-state index in [9.17, 15) is 18.0 Å². The lowest BCUT2D eigenvalue weighted by Crippen LogP contribution is -2.41. The van der Waals surface area contributed by atoms with Gasteiger partial charge in [0.15, 0.2) is 0 Å². The number of hydrogen-bond acceptors (Lipinski definition) is 5. The third-order valence-corrected chi connectivity index (χ3v) is 5.35. The predicted octanol–water partition coefficient (Wildman–Crippen LogP) is 2.57. The van der Waals surface area contributed by atoms with Gasteiger partial charge >= 0.3 is 0 Å². The SMILES string of the molecule is COc1ccc(S(=O)(=O)NNC(=O)c2ccc(C(C)(C)C)cc2)cc1NC(C)=O. The highest BCUT2D eigenvalue weighted by atomic mass is 32.2. The van der Waals surface area contributed by atoms with E-state index in [1.165, 1.54) is 32.2 Å². The fraction of sp³-hybridized carbons (Fsp3) is 0.300. The number of anilines is 1. The first-order valence-corrected chi connectivity index (χ1v) is 10.3. The van der Waals surface area contributed by atoms with Crippen LogP contribution in [-0.4, -0.2) is 27.3 Å². The molecule has 0 saturated heterocycles. The summed E-state index contributed by atoms with van der Waals surface area (Å²) in [5, 5.41) is 2.50. The van der Waals surface area contributed by atoms with E-state index in [0.717, 1.165) is 5.56 Å². The van der Waals surface area contributed by atoms with Crippen molar-refractivity contribution < 1.29 is 22.7 Å². The molecule has 29 heavy (non-hydrogen) atoms. The zero-order chi connectivity index (χ0) is 21.8. The highest BCUT2D eigenvalue weighted by Crippen LogP contribution is 2.27. The van der Waals surface area contributed by atoms with Crippen LogP contribution in [0.5, 0.6) is 5.75 Å². The number of hydrazine groups is 1. The standard InChI is InChI=1S/C20H25N3O5S/c1-13(24)21-17-12-16(10-11-18(17)28-5)29(26,27)23-22-19(25)14-6-8-15(9-7-14)20(2,3)4/h6-12,23H,1-5H3,(H,21,24)(H,22,25). The maximum Gasteiger partial charge on any atom is 0.266 e. The Morgan fingerprint density at radius 3 is 2.14 bits per heavy atom. The summed E-state index contributed by atoms with van der Waals surface area (Å²) < 4.78 is 30.1. The molecule has 2 aromatic carbocycles. The molecule has 0 aliphatic heterocycles. The third kappa shape index (κ3) is 5.78. The molecule has 8 nitrogen and oxygen atoms in total. The van der Waals surface area contributed by atoms with Crippen molar-refractivity contribution in [3.8, 4) is 5.75 Å². The fourth-order valence-electron chi connectivity index (χ4n) is 2.51. The van der Waals surface area contributed by atoms with E-state index in [4.69, 9.17) is 4.74 Å². The fourth-order valence-corrected chi connectivity index (χ4v) is 3.37. The molecule has 156 valence electrons. The second-order valence-electron chi connectivity index (χ2n) is 7.43. The molecule has 3 N–H and O–H groups in total. The summed E-state index contributed by atoms with van der Waals surface area (Å²) in [6.45, 7) is 7.46. The average molecular weight is 420 g/mol. The zero-order valence-corrected chi connectivity index (χ0v) is 17.8. The number of methoxy groups -OCH3 is 1. The van der Waals surface area contributed by atoms with E-state index in [-0.39, 0.29) is 21.9 Å². The van der Waals surface area contributed by atoms with Crippen molar-refractivity contribution in [2.45, 2.75) is 38.0 Å². The molecule has 9 heteroatoms. The first-order chi connectivity index (χ1) is 13.4. The third-order valence-electron chi connectivity index (χ3n) is 4.10. The monoisotopic (exact) mass is 419 g/mol. The molecule has 0 spiro atoms. The Hall–Kier alpha value is -2.91. The van der Waals surface area contributed by atoms with Crippen molar-refractivity contribution in [3.63, 3.8) is 0 Å². The van der Waals surface area contributed by atoms with Crippen molar-refractivity contribution in [2.75, 3.05) is 12.4 Å². The summed E-state index contributed by atoms with van der Waals surface area (Å²) in [5.74, 6) is -0.662. The molecule has 2 amide bonds. The molecule has 0 heterocycles. The van der Waals surface area contributed by atoms with Gasteiger partial charge in [0, 0.05) is 12.5 Å². The smallest absolute Gasteiger partial charge is 0.266 e. The first-order valence-electron chi connectivity index (χ1n) is 8.82. The van der Waals surface area contributed by atoms with Crippen LogP contribution in [0.3, 0.4) is 0 Å². The Morgan fingerprint density at radius 1 is 1.00 bits per heavy atom. The molecule has 0 aliphatic carbocycles. The van der Waals surface area contributed by atoms with Gasteiger partial charge < -0.3 is 10.1 Å². The minimum atomic E-state index is -4.07. The van der Waals surface area contributed by atoms with Crippen LogP contribution in [0.2, 0.25) is 0 Å².